The number of methoxy groups -OCH3 is 1. The van der Waals surface area contributed by atoms with E-state index in [1.54, 1.807) is 7.11 Å². The predicted molar refractivity (Wildman–Crippen MR) is 77.6 cm³/mol. The summed E-state index contributed by atoms with van der Waals surface area (Å²) in [6.07, 6.45) is 0.934. The van der Waals surface area contributed by atoms with E-state index >= 15 is 0 Å². The molecule has 0 amide bonds. The van der Waals surface area contributed by atoms with Crippen molar-refractivity contribution in [3.8, 4) is 5.75 Å². The Balaban J connectivity index is 2.06. The van der Waals surface area contributed by atoms with Crippen LogP contribution in [0.3, 0.4) is 0 Å². The van der Waals surface area contributed by atoms with Gasteiger partial charge in [-0.05, 0) is 17.7 Å². The lowest BCUT2D eigenvalue weighted by Gasteiger charge is -2.03. The molecule has 0 aliphatic rings. The van der Waals surface area contributed by atoms with Crippen LogP contribution < -0.4 is 4.74 Å². The highest BCUT2D eigenvalue weighted by atomic mass is 32.1. The van der Waals surface area contributed by atoms with E-state index in [1.165, 1.54) is 20.5 Å². The third-order valence-electron chi connectivity index (χ3n) is 3.03. The quantitative estimate of drug-likeness (QED) is 0.668. The fourth-order valence-corrected chi connectivity index (χ4v) is 3.40. The summed E-state index contributed by atoms with van der Waals surface area (Å²) in [6, 6.07) is 18.9. The molecular weight excluding hydrogens is 240 g/mol. The van der Waals surface area contributed by atoms with E-state index in [0.29, 0.717) is 0 Å². The first-order valence-corrected chi connectivity index (χ1v) is 6.78. The van der Waals surface area contributed by atoms with Crippen LogP contribution in [0, 0.1) is 0 Å². The molecule has 0 aliphatic carbocycles. The van der Waals surface area contributed by atoms with Crippen molar-refractivity contribution in [1.82, 2.24) is 0 Å². The van der Waals surface area contributed by atoms with Crippen LogP contribution in [-0.4, -0.2) is 7.11 Å². The molecule has 2 aromatic carbocycles. The maximum Gasteiger partial charge on any atom is 0.140 e. The fraction of sp³-hybridized carbons (Fsp3) is 0.125. The van der Waals surface area contributed by atoms with Gasteiger partial charge in [-0.3, -0.25) is 0 Å². The van der Waals surface area contributed by atoms with Gasteiger partial charge in [0, 0.05) is 16.5 Å². The van der Waals surface area contributed by atoms with Crippen LogP contribution in [0.4, 0.5) is 0 Å². The Morgan fingerprint density at radius 3 is 2.44 bits per heavy atom. The van der Waals surface area contributed by atoms with Crippen molar-refractivity contribution < 1.29 is 4.74 Å². The molecule has 0 bridgehead atoms. The van der Waals surface area contributed by atoms with E-state index in [1.807, 2.05) is 17.4 Å². The third-order valence-corrected chi connectivity index (χ3v) is 4.18. The lowest BCUT2D eigenvalue weighted by molar-refractivity contribution is 0.418. The molecule has 0 N–H and O–H groups in total. The summed E-state index contributed by atoms with van der Waals surface area (Å²) < 4.78 is 6.87. The Kier molecular flexibility index (Phi) is 3.03. The molecule has 1 heterocycles. The number of hydrogen-bond donors (Lipinski definition) is 0. The van der Waals surface area contributed by atoms with Gasteiger partial charge in [0.15, 0.2) is 0 Å². The fourth-order valence-electron chi connectivity index (χ4n) is 2.19. The molecule has 3 aromatic rings. The SMILES string of the molecule is COc1c(Cc2ccccc2)sc2ccccc12. The van der Waals surface area contributed by atoms with Crippen molar-refractivity contribution in [2.24, 2.45) is 0 Å². The number of ether oxygens (including phenoxy) is 1. The van der Waals surface area contributed by atoms with Crippen LogP contribution in [0.15, 0.2) is 54.6 Å². The van der Waals surface area contributed by atoms with E-state index in [0.717, 1.165) is 12.2 Å². The molecule has 0 radical (unpaired) electrons. The standard InChI is InChI=1S/C16H14OS/c1-17-16-13-9-5-6-10-14(13)18-15(16)11-12-7-3-2-4-8-12/h2-10H,11H2,1H3. The zero-order chi connectivity index (χ0) is 12.4. The normalized spacial score (nSPS) is 10.7. The van der Waals surface area contributed by atoms with E-state index in [9.17, 15) is 0 Å². The Labute approximate surface area is 111 Å². The van der Waals surface area contributed by atoms with Gasteiger partial charge in [0.2, 0.25) is 0 Å². The van der Waals surface area contributed by atoms with Crippen LogP contribution in [0.1, 0.15) is 10.4 Å². The van der Waals surface area contributed by atoms with Crippen LogP contribution in [0.5, 0.6) is 5.75 Å². The Bertz CT molecular complexity index is 655. The molecule has 0 saturated heterocycles. The van der Waals surface area contributed by atoms with Gasteiger partial charge in [0.05, 0.1) is 12.0 Å². The lowest BCUT2D eigenvalue weighted by atomic mass is 10.1. The van der Waals surface area contributed by atoms with Crippen LogP contribution in [0.25, 0.3) is 10.1 Å². The summed E-state index contributed by atoms with van der Waals surface area (Å²) in [4.78, 5) is 1.30. The van der Waals surface area contributed by atoms with Gasteiger partial charge in [-0.1, -0.05) is 42.5 Å². The summed E-state index contributed by atoms with van der Waals surface area (Å²) in [6.45, 7) is 0. The van der Waals surface area contributed by atoms with Crippen molar-refractivity contribution >= 4 is 21.4 Å². The molecular formula is C16H14OS. The Hall–Kier alpha value is -1.80. The van der Waals surface area contributed by atoms with Gasteiger partial charge in [-0.15, -0.1) is 11.3 Å². The molecule has 18 heavy (non-hydrogen) atoms. The summed E-state index contributed by atoms with van der Waals surface area (Å²) in [5.41, 5.74) is 1.32. The third kappa shape index (κ3) is 2.00. The van der Waals surface area contributed by atoms with Crippen molar-refractivity contribution in [3.63, 3.8) is 0 Å². The van der Waals surface area contributed by atoms with Crippen molar-refractivity contribution in [2.45, 2.75) is 6.42 Å². The molecule has 0 spiro atoms. The second-order valence-corrected chi connectivity index (χ2v) is 5.35. The molecule has 1 aromatic heterocycles. The first-order chi connectivity index (χ1) is 8.88. The zero-order valence-electron chi connectivity index (χ0n) is 10.2. The minimum atomic E-state index is 0.934. The van der Waals surface area contributed by atoms with Crippen molar-refractivity contribution in [2.75, 3.05) is 7.11 Å². The Morgan fingerprint density at radius 1 is 0.944 bits per heavy atom. The van der Waals surface area contributed by atoms with E-state index in [4.69, 9.17) is 4.74 Å². The van der Waals surface area contributed by atoms with Gasteiger partial charge in [-0.25, -0.2) is 0 Å². The first-order valence-electron chi connectivity index (χ1n) is 5.97. The highest BCUT2D eigenvalue weighted by molar-refractivity contribution is 7.19. The number of rotatable bonds is 3. The zero-order valence-corrected chi connectivity index (χ0v) is 11.0. The minimum Gasteiger partial charge on any atom is -0.495 e. The largest absolute Gasteiger partial charge is 0.495 e. The molecule has 0 atom stereocenters. The molecule has 2 heteroatoms. The molecule has 90 valence electrons. The topological polar surface area (TPSA) is 9.23 Å². The average Bonchev–Trinajstić information content (AvgIpc) is 2.77. The van der Waals surface area contributed by atoms with Crippen molar-refractivity contribution in [1.29, 1.82) is 0 Å². The van der Waals surface area contributed by atoms with E-state index < -0.39 is 0 Å². The highest BCUT2D eigenvalue weighted by Gasteiger charge is 2.12. The van der Waals surface area contributed by atoms with E-state index in [2.05, 4.69) is 48.5 Å². The van der Waals surface area contributed by atoms with Crippen LogP contribution in [-0.2, 0) is 6.42 Å². The number of hydrogen-bond acceptors (Lipinski definition) is 2. The van der Waals surface area contributed by atoms with Gasteiger partial charge < -0.3 is 4.74 Å². The number of fused-ring (bicyclic) bond motifs is 1. The predicted octanol–water partition coefficient (Wildman–Crippen LogP) is 4.50. The van der Waals surface area contributed by atoms with Gasteiger partial charge >= 0.3 is 0 Å². The Morgan fingerprint density at radius 2 is 1.67 bits per heavy atom. The van der Waals surface area contributed by atoms with Crippen molar-refractivity contribution in [3.05, 3.63) is 65.0 Å². The highest BCUT2D eigenvalue weighted by Crippen LogP contribution is 2.38. The number of benzene rings is 2. The summed E-state index contributed by atoms with van der Waals surface area (Å²) in [7, 11) is 1.75. The lowest BCUT2D eigenvalue weighted by Crippen LogP contribution is -1.89. The maximum absolute atomic E-state index is 5.58. The maximum atomic E-state index is 5.58. The smallest absolute Gasteiger partial charge is 0.140 e. The molecule has 0 saturated carbocycles. The average molecular weight is 254 g/mol. The summed E-state index contributed by atoms with van der Waals surface area (Å²) in [5, 5.41) is 1.22. The van der Waals surface area contributed by atoms with Crippen LogP contribution >= 0.6 is 11.3 Å². The minimum absolute atomic E-state index is 0.934. The summed E-state index contributed by atoms with van der Waals surface area (Å²) in [5.74, 6) is 1.03. The number of thiophene rings is 1. The molecule has 3 rings (SSSR count). The molecule has 0 unspecified atom stereocenters. The van der Waals surface area contributed by atoms with Crippen LogP contribution in [0.2, 0.25) is 0 Å². The van der Waals surface area contributed by atoms with E-state index in [-0.39, 0.29) is 0 Å². The molecule has 0 fully saturated rings. The monoisotopic (exact) mass is 254 g/mol. The second kappa shape index (κ2) is 4.83. The summed E-state index contributed by atoms with van der Waals surface area (Å²) >= 11 is 1.82. The molecule has 1 nitrogen and oxygen atoms in total. The van der Waals surface area contributed by atoms with Gasteiger partial charge in [0.25, 0.3) is 0 Å². The first kappa shape index (κ1) is 11.3. The van der Waals surface area contributed by atoms with Gasteiger partial charge in [-0.2, -0.15) is 0 Å². The molecule has 0 aliphatic heterocycles. The van der Waals surface area contributed by atoms with Gasteiger partial charge in [0.1, 0.15) is 5.75 Å². The second-order valence-electron chi connectivity index (χ2n) is 4.22.